The van der Waals surface area contributed by atoms with E-state index in [-0.39, 0.29) is 54.1 Å². The number of aliphatic hydroxyl groups excluding tert-OH is 1. The summed E-state index contributed by atoms with van der Waals surface area (Å²) < 4.78 is 29.4. The highest BCUT2D eigenvalue weighted by molar-refractivity contribution is 5.84. The van der Waals surface area contributed by atoms with Gasteiger partial charge >= 0.3 is 0 Å². The number of aliphatic hydroxyl groups is 1. The molecule has 2 fully saturated rings. The van der Waals surface area contributed by atoms with Gasteiger partial charge in [-0.1, -0.05) is 27.7 Å². The van der Waals surface area contributed by atoms with Crippen LogP contribution < -0.4 is 0 Å². The largest absolute Gasteiger partial charge is 0.382 e. The molecule has 1 N–H and O–H groups in total. The normalized spacial score (nSPS) is 37.3. The fraction of sp³-hybridized carbons (Fsp3) is 0.962. The van der Waals surface area contributed by atoms with Crippen LogP contribution >= 0.6 is 0 Å². The van der Waals surface area contributed by atoms with E-state index in [4.69, 9.17) is 23.7 Å². The van der Waals surface area contributed by atoms with E-state index < -0.39 is 11.7 Å². The summed E-state index contributed by atoms with van der Waals surface area (Å²) in [7, 11) is 5.08. The Bertz CT molecular complexity index is 624. The number of methoxy groups -OCH3 is 3. The molecule has 0 unspecified atom stereocenters. The van der Waals surface area contributed by atoms with Crippen molar-refractivity contribution in [3.05, 3.63) is 0 Å². The molecule has 0 bridgehead atoms. The van der Waals surface area contributed by atoms with Crippen molar-refractivity contribution in [2.45, 2.75) is 116 Å². The van der Waals surface area contributed by atoms with Crippen LogP contribution in [0.4, 0.5) is 0 Å². The average molecular weight is 473 g/mol. The van der Waals surface area contributed by atoms with Crippen molar-refractivity contribution < 1.29 is 33.6 Å². The summed E-state index contributed by atoms with van der Waals surface area (Å²) in [6.07, 6.45) is 1.79. The van der Waals surface area contributed by atoms with Crippen molar-refractivity contribution in [3.8, 4) is 0 Å². The first-order chi connectivity index (χ1) is 15.4. The van der Waals surface area contributed by atoms with Crippen molar-refractivity contribution in [1.82, 2.24) is 0 Å². The maximum absolute atomic E-state index is 13.1. The van der Waals surface area contributed by atoms with Crippen LogP contribution in [0.2, 0.25) is 0 Å². The van der Waals surface area contributed by atoms with E-state index in [0.717, 1.165) is 6.42 Å². The van der Waals surface area contributed by atoms with Crippen LogP contribution in [0.25, 0.3) is 0 Å². The van der Waals surface area contributed by atoms with Crippen molar-refractivity contribution in [1.29, 1.82) is 0 Å². The van der Waals surface area contributed by atoms with Gasteiger partial charge in [0.25, 0.3) is 0 Å². The third kappa shape index (κ3) is 6.77. The smallest absolute Gasteiger partial charge is 0.164 e. The van der Waals surface area contributed by atoms with Crippen LogP contribution in [0.5, 0.6) is 0 Å². The van der Waals surface area contributed by atoms with Crippen LogP contribution in [0, 0.1) is 17.3 Å². The molecule has 0 radical (unpaired) electrons. The standard InChI is InChI=1S/C26H48O7/c1-16-10-11-26(6,33-18(16)3)24(28)20(27)12-17(2)21-14-22(31-9)25(4,5)23(32-21)13-19(30-8)15-29-7/h16-19,21-24,28H,10-15H2,1-9H3/t16-,17-,18-,19+,21+,22-,23-,24-,26-/m1/s1. The Morgan fingerprint density at radius 1 is 1.18 bits per heavy atom. The van der Waals surface area contributed by atoms with Gasteiger partial charge in [0, 0.05) is 46.0 Å². The Labute approximate surface area is 200 Å². The maximum Gasteiger partial charge on any atom is 0.164 e. The second-order valence-electron chi connectivity index (χ2n) is 11.2. The first-order valence-electron chi connectivity index (χ1n) is 12.5. The van der Waals surface area contributed by atoms with Crippen molar-refractivity contribution in [3.63, 3.8) is 0 Å². The number of rotatable bonds is 11. The zero-order valence-electron chi connectivity index (χ0n) is 22.3. The van der Waals surface area contributed by atoms with E-state index in [1.807, 2.05) is 20.8 Å². The monoisotopic (exact) mass is 472 g/mol. The molecular weight excluding hydrogens is 424 g/mol. The fourth-order valence-corrected chi connectivity index (χ4v) is 5.40. The molecular formula is C26H48O7. The van der Waals surface area contributed by atoms with E-state index in [1.54, 1.807) is 21.3 Å². The van der Waals surface area contributed by atoms with Crippen LogP contribution in [-0.4, -0.2) is 81.1 Å². The van der Waals surface area contributed by atoms with E-state index in [1.165, 1.54) is 0 Å². The molecule has 7 heteroatoms. The van der Waals surface area contributed by atoms with Gasteiger partial charge in [-0.3, -0.25) is 4.79 Å². The van der Waals surface area contributed by atoms with E-state index >= 15 is 0 Å². The molecule has 2 aliphatic rings. The topological polar surface area (TPSA) is 83.5 Å². The number of carbonyl (C=O) groups is 1. The molecule has 0 aromatic carbocycles. The second-order valence-corrected chi connectivity index (χ2v) is 11.2. The summed E-state index contributed by atoms with van der Waals surface area (Å²) in [5.41, 5.74) is -1.04. The average Bonchev–Trinajstić information content (AvgIpc) is 2.76. The lowest BCUT2D eigenvalue weighted by Gasteiger charge is -2.49. The summed E-state index contributed by atoms with van der Waals surface area (Å²) in [4.78, 5) is 13.1. The van der Waals surface area contributed by atoms with Crippen LogP contribution in [0.1, 0.15) is 73.6 Å². The minimum atomic E-state index is -1.14. The summed E-state index contributed by atoms with van der Waals surface area (Å²) in [6.45, 7) is 12.8. The van der Waals surface area contributed by atoms with Gasteiger partial charge in [0.05, 0.1) is 42.7 Å². The van der Waals surface area contributed by atoms with E-state index in [2.05, 4.69) is 20.8 Å². The minimum absolute atomic E-state index is 0.00897. The predicted molar refractivity (Wildman–Crippen MR) is 127 cm³/mol. The highest BCUT2D eigenvalue weighted by Gasteiger charge is 2.48. The van der Waals surface area contributed by atoms with Crippen LogP contribution in [-0.2, 0) is 28.5 Å². The van der Waals surface area contributed by atoms with Crippen molar-refractivity contribution >= 4 is 5.78 Å². The number of ketones is 1. The molecule has 0 amide bonds. The lowest BCUT2D eigenvalue weighted by molar-refractivity contribution is -0.207. The highest BCUT2D eigenvalue weighted by Crippen LogP contribution is 2.43. The van der Waals surface area contributed by atoms with Crippen molar-refractivity contribution in [2.75, 3.05) is 27.9 Å². The molecule has 0 aromatic heterocycles. The number of hydrogen-bond donors (Lipinski definition) is 1. The molecule has 9 atom stereocenters. The Kier molecular flexibility index (Phi) is 10.3. The first-order valence-corrected chi connectivity index (χ1v) is 12.5. The van der Waals surface area contributed by atoms with Gasteiger partial charge in [0.15, 0.2) is 5.78 Å². The lowest BCUT2D eigenvalue weighted by atomic mass is 9.72. The molecule has 0 spiro atoms. The Morgan fingerprint density at radius 3 is 2.39 bits per heavy atom. The highest BCUT2D eigenvalue weighted by atomic mass is 16.5. The molecule has 7 nitrogen and oxygen atoms in total. The summed E-state index contributed by atoms with van der Waals surface area (Å²) in [5.74, 6) is 0.186. The summed E-state index contributed by atoms with van der Waals surface area (Å²) in [5, 5.41) is 10.9. The molecule has 194 valence electrons. The zero-order valence-corrected chi connectivity index (χ0v) is 22.3. The Hall–Kier alpha value is -0.570. The second kappa shape index (κ2) is 11.9. The number of carbonyl (C=O) groups excluding carboxylic acids is 1. The van der Waals surface area contributed by atoms with Gasteiger partial charge in [0.2, 0.25) is 0 Å². The fourth-order valence-electron chi connectivity index (χ4n) is 5.40. The van der Waals surface area contributed by atoms with Gasteiger partial charge < -0.3 is 28.8 Å². The summed E-state index contributed by atoms with van der Waals surface area (Å²) >= 11 is 0. The maximum atomic E-state index is 13.1. The van der Waals surface area contributed by atoms with Gasteiger partial charge in [0.1, 0.15) is 6.10 Å². The quantitative estimate of drug-likeness (QED) is 0.490. The number of hydrogen-bond acceptors (Lipinski definition) is 7. The van der Waals surface area contributed by atoms with Gasteiger partial charge in [-0.15, -0.1) is 0 Å². The Balaban J connectivity index is 2.07. The molecule has 2 saturated heterocycles. The first kappa shape index (κ1) is 28.7. The third-order valence-corrected chi connectivity index (χ3v) is 8.29. The third-order valence-electron chi connectivity index (χ3n) is 8.29. The number of Topliss-reactive ketones (excluding diaryl/α,β-unsaturated/α-hetero) is 1. The van der Waals surface area contributed by atoms with Gasteiger partial charge in [-0.05, 0) is 38.5 Å². The van der Waals surface area contributed by atoms with Crippen molar-refractivity contribution in [2.24, 2.45) is 17.3 Å². The molecule has 0 saturated carbocycles. The van der Waals surface area contributed by atoms with Gasteiger partial charge in [-0.25, -0.2) is 0 Å². The van der Waals surface area contributed by atoms with Gasteiger partial charge in [-0.2, -0.15) is 0 Å². The van der Waals surface area contributed by atoms with E-state index in [9.17, 15) is 9.90 Å². The molecule has 33 heavy (non-hydrogen) atoms. The SMILES string of the molecule is COC[C@H](C[C@H]1O[C@H]([C@H](C)CC(=O)[C@@H](O)[C@@]2(C)CC[C@@H](C)[C@@H](C)O2)C[C@@H](OC)C1(C)C)OC. The zero-order chi connectivity index (χ0) is 25.0. The van der Waals surface area contributed by atoms with Crippen LogP contribution in [0.3, 0.4) is 0 Å². The van der Waals surface area contributed by atoms with Crippen LogP contribution in [0.15, 0.2) is 0 Å². The molecule has 0 aromatic rings. The number of ether oxygens (including phenoxy) is 5. The lowest BCUT2D eigenvalue weighted by Crippen LogP contribution is -2.55. The predicted octanol–water partition coefficient (Wildman–Crippen LogP) is 3.79. The molecule has 2 heterocycles. The minimum Gasteiger partial charge on any atom is -0.382 e. The Morgan fingerprint density at radius 2 is 1.85 bits per heavy atom. The molecule has 2 rings (SSSR count). The summed E-state index contributed by atoms with van der Waals surface area (Å²) in [6, 6.07) is 0. The molecule has 0 aliphatic carbocycles. The molecule has 2 aliphatic heterocycles. The van der Waals surface area contributed by atoms with E-state index in [0.29, 0.717) is 31.8 Å².